The van der Waals surface area contributed by atoms with E-state index in [1.807, 2.05) is 0 Å². The molecule has 1 fully saturated rings. The van der Waals surface area contributed by atoms with Gasteiger partial charge in [0.15, 0.2) is 0 Å². The summed E-state index contributed by atoms with van der Waals surface area (Å²) in [4.78, 5) is 15.4. The van der Waals surface area contributed by atoms with Crippen LogP contribution in [0.1, 0.15) is 26.2 Å². The molecule has 1 aliphatic rings. The van der Waals surface area contributed by atoms with Crippen molar-refractivity contribution >= 4 is 6.03 Å². The third-order valence-electron chi connectivity index (χ3n) is 2.64. The molecule has 0 aromatic carbocycles. The minimum atomic E-state index is -0.0724. The smallest absolute Gasteiger partial charge is 0.327 e. The van der Waals surface area contributed by atoms with Gasteiger partial charge in [0, 0.05) is 17.9 Å². The maximum Gasteiger partial charge on any atom is 0.327 e. The largest absolute Gasteiger partial charge is 0.332 e. The number of carbonyl (C=O) groups is 1. The molecular weight excluding hydrogens is 166 g/mol. The standard InChI is InChI=1S/C9H13N3O/c1-2-9(3-4-9)11-8(13)12-6-5-10-7-12/h5-7H,2-4H2,1H3,(H,11,13). The van der Waals surface area contributed by atoms with Crippen molar-refractivity contribution in [2.45, 2.75) is 31.7 Å². The lowest BCUT2D eigenvalue weighted by atomic mass is 10.2. The van der Waals surface area contributed by atoms with Crippen molar-refractivity contribution in [3.8, 4) is 0 Å². The molecule has 0 aliphatic heterocycles. The van der Waals surface area contributed by atoms with Crippen LogP contribution in [-0.4, -0.2) is 21.1 Å². The first-order valence-corrected chi connectivity index (χ1v) is 4.56. The van der Waals surface area contributed by atoms with Gasteiger partial charge in [-0.15, -0.1) is 0 Å². The summed E-state index contributed by atoms with van der Waals surface area (Å²) in [7, 11) is 0. The Kier molecular flexibility index (Phi) is 1.83. The number of imidazole rings is 1. The minimum absolute atomic E-state index is 0.0724. The molecule has 1 aliphatic carbocycles. The highest BCUT2D eigenvalue weighted by Crippen LogP contribution is 2.38. The second-order valence-electron chi connectivity index (χ2n) is 3.53. The van der Waals surface area contributed by atoms with Gasteiger partial charge in [0.1, 0.15) is 6.33 Å². The van der Waals surface area contributed by atoms with E-state index in [0.717, 1.165) is 19.3 Å². The fourth-order valence-corrected chi connectivity index (χ4v) is 1.39. The van der Waals surface area contributed by atoms with Gasteiger partial charge in [-0.2, -0.15) is 0 Å². The molecule has 0 bridgehead atoms. The number of nitrogens with one attached hydrogen (secondary N) is 1. The van der Waals surface area contributed by atoms with Gasteiger partial charge in [-0.3, -0.25) is 4.57 Å². The molecule has 13 heavy (non-hydrogen) atoms. The lowest BCUT2D eigenvalue weighted by Gasteiger charge is -2.14. The lowest BCUT2D eigenvalue weighted by molar-refractivity contribution is 0.236. The molecule has 1 aromatic heterocycles. The molecule has 1 saturated carbocycles. The van der Waals surface area contributed by atoms with E-state index in [1.54, 1.807) is 12.4 Å². The van der Waals surface area contributed by atoms with E-state index >= 15 is 0 Å². The van der Waals surface area contributed by atoms with Gasteiger partial charge in [-0.1, -0.05) is 6.92 Å². The summed E-state index contributed by atoms with van der Waals surface area (Å²) in [6.07, 6.45) is 7.98. The zero-order valence-electron chi connectivity index (χ0n) is 7.66. The zero-order valence-corrected chi connectivity index (χ0v) is 7.66. The topological polar surface area (TPSA) is 46.9 Å². The van der Waals surface area contributed by atoms with Gasteiger partial charge in [0.05, 0.1) is 0 Å². The first-order valence-electron chi connectivity index (χ1n) is 4.56. The number of carbonyl (C=O) groups excluding carboxylic acids is 1. The van der Waals surface area contributed by atoms with Crippen LogP contribution in [0.3, 0.4) is 0 Å². The van der Waals surface area contributed by atoms with E-state index in [1.165, 1.54) is 10.9 Å². The molecule has 70 valence electrons. The fourth-order valence-electron chi connectivity index (χ4n) is 1.39. The molecule has 4 heteroatoms. The van der Waals surface area contributed by atoms with Crippen molar-refractivity contribution < 1.29 is 4.79 Å². The number of nitrogens with zero attached hydrogens (tertiary/aromatic N) is 2. The van der Waals surface area contributed by atoms with Crippen molar-refractivity contribution in [3.05, 3.63) is 18.7 Å². The molecule has 1 N–H and O–H groups in total. The highest BCUT2D eigenvalue weighted by Gasteiger charge is 2.42. The molecular formula is C9H13N3O. The second kappa shape index (κ2) is 2.87. The van der Waals surface area contributed by atoms with E-state index in [0.29, 0.717) is 0 Å². The summed E-state index contributed by atoms with van der Waals surface area (Å²) in [6.45, 7) is 2.10. The SMILES string of the molecule is CCC1(NC(=O)n2ccnc2)CC1. The molecule has 0 radical (unpaired) electrons. The highest BCUT2D eigenvalue weighted by atomic mass is 16.2. The summed E-state index contributed by atoms with van der Waals surface area (Å²) in [6, 6.07) is -0.0724. The quantitative estimate of drug-likeness (QED) is 0.745. The Bertz CT molecular complexity index is 301. The molecule has 0 saturated heterocycles. The minimum Gasteiger partial charge on any atom is -0.332 e. The van der Waals surface area contributed by atoms with Gasteiger partial charge < -0.3 is 5.32 Å². The van der Waals surface area contributed by atoms with Crippen LogP contribution >= 0.6 is 0 Å². The van der Waals surface area contributed by atoms with E-state index in [2.05, 4.69) is 17.2 Å². The third-order valence-corrected chi connectivity index (χ3v) is 2.64. The summed E-state index contributed by atoms with van der Waals surface area (Å²) >= 11 is 0. The second-order valence-corrected chi connectivity index (χ2v) is 3.53. The molecule has 1 amide bonds. The van der Waals surface area contributed by atoms with Crippen molar-refractivity contribution in [2.24, 2.45) is 0 Å². The Morgan fingerprint density at radius 1 is 1.69 bits per heavy atom. The third kappa shape index (κ3) is 1.56. The van der Waals surface area contributed by atoms with Crippen LogP contribution in [0, 0.1) is 0 Å². The summed E-state index contributed by atoms with van der Waals surface area (Å²) in [5.74, 6) is 0. The highest BCUT2D eigenvalue weighted by molar-refractivity contribution is 5.77. The van der Waals surface area contributed by atoms with Crippen LogP contribution in [0.2, 0.25) is 0 Å². The number of hydrogen-bond acceptors (Lipinski definition) is 2. The van der Waals surface area contributed by atoms with E-state index < -0.39 is 0 Å². The molecule has 4 nitrogen and oxygen atoms in total. The number of hydrogen-bond donors (Lipinski definition) is 1. The van der Waals surface area contributed by atoms with E-state index in [-0.39, 0.29) is 11.6 Å². The Labute approximate surface area is 77.0 Å². The summed E-state index contributed by atoms with van der Waals surface area (Å²) < 4.78 is 1.47. The van der Waals surface area contributed by atoms with E-state index in [4.69, 9.17) is 0 Å². The fraction of sp³-hybridized carbons (Fsp3) is 0.556. The normalized spacial score (nSPS) is 18.2. The van der Waals surface area contributed by atoms with E-state index in [9.17, 15) is 4.79 Å². The molecule has 1 aromatic rings. The van der Waals surface area contributed by atoms with Crippen molar-refractivity contribution in [1.82, 2.24) is 14.9 Å². The molecule has 0 unspecified atom stereocenters. The molecule has 2 rings (SSSR count). The number of rotatable bonds is 2. The number of amides is 1. The van der Waals surface area contributed by atoms with Gasteiger partial charge >= 0.3 is 6.03 Å². The van der Waals surface area contributed by atoms with Crippen molar-refractivity contribution in [2.75, 3.05) is 0 Å². The summed E-state index contributed by atoms with van der Waals surface area (Å²) in [5, 5.41) is 3.00. The van der Waals surface area contributed by atoms with Crippen molar-refractivity contribution in [1.29, 1.82) is 0 Å². The predicted molar refractivity (Wildman–Crippen MR) is 48.4 cm³/mol. The van der Waals surface area contributed by atoms with Crippen LogP contribution in [0.25, 0.3) is 0 Å². The van der Waals surface area contributed by atoms with Crippen LogP contribution in [0.15, 0.2) is 18.7 Å². The van der Waals surface area contributed by atoms with Crippen LogP contribution in [0.4, 0.5) is 4.79 Å². The van der Waals surface area contributed by atoms with Gasteiger partial charge in [0.2, 0.25) is 0 Å². The predicted octanol–water partition coefficient (Wildman–Crippen LogP) is 1.38. The molecule has 0 atom stereocenters. The Morgan fingerprint density at radius 2 is 2.46 bits per heavy atom. The van der Waals surface area contributed by atoms with Crippen LogP contribution < -0.4 is 5.32 Å². The summed E-state index contributed by atoms with van der Waals surface area (Å²) in [5.41, 5.74) is 0.0847. The maximum absolute atomic E-state index is 11.5. The van der Waals surface area contributed by atoms with Gasteiger partial charge in [-0.05, 0) is 19.3 Å². The van der Waals surface area contributed by atoms with Crippen LogP contribution in [-0.2, 0) is 0 Å². The first kappa shape index (κ1) is 8.29. The first-order chi connectivity index (χ1) is 6.26. The van der Waals surface area contributed by atoms with Gasteiger partial charge in [0.25, 0.3) is 0 Å². The maximum atomic E-state index is 11.5. The lowest BCUT2D eigenvalue weighted by Crippen LogP contribution is -2.38. The van der Waals surface area contributed by atoms with Crippen molar-refractivity contribution in [3.63, 3.8) is 0 Å². The Balaban J connectivity index is 2.00. The zero-order chi connectivity index (χ0) is 9.31. The average Bonchev–Trinajstić information content (AvgIpc) is 2.69. The Hall–Kier alpha value is -1.32. The average molecular weight is 179 g/mol. The number of aromatic nitrogens is 2. The van der Waals surface area contributed by atoms with Crippen LogP contribution in [0.5, 0.6) is 0 Å². The van der Waals surface area contributed by atoms with Gasteiger partial charge in [-0.25, -0.2) is 9.78 Å². The monoisotopic (exact) mass is 179 g/mol. The Morgan fingerprint density at radius 3 is 2.92 bits per heavy atom. The molecule has 1 heterocycles. The molecule has 0 spiro atoms.